The zero-order valence-corrected chi connectivity index (χ0v) is 17.5. The summed E-state index contributed by atoms with van der Waals surface area (Å²) in [7, 11) is 2.69. The van der Waals surface area contributed by atoms with Crippen LogP contribution < -0.4 is 0 Å². The second-order valence-corrected chi connectivity index (χ2v) is 4.55. The van der Waals surface area contributed by atoms with Crippen molar-refractivity contribution in [1.82, 2.24) is 4.90 Å². The van der Waals surface area contributed by atoms with Gasteiger partial charge in [0, 0.05) is 64.6 Å². The Bertz CT molecular complexity index is 425. The predicted molar refractivity (Wildman–Crippen MR) is 91.6 cm³/mol. The summed E-state index contributed by atoms with van der Waals surface area (Å²) in [6.07, 6.45) is 4.29. The molecule has 0 spiro atoms. The zero-order chi connectivity index (χ0) is 19.0. The van der Waals surface area contributed by atoms with E-state index in [0.717, 1.165) is 25.1 Å². The topological polar surface area (TPSA) is 134 Å². The quantitative estimate of drug-likeness (QED) is 0.335. The molecule has 0 aliphatic carbocycles. The second-order valence-electron chi connectivity index (χ2n) is 4.55. The van der Waals surface area contributed by atoms with Crippen molar-refractivity contribution < 1.29 is 62.7 Å². The first kappa shape index (κ1) is 28.7. The van der Waals surface area contributed by atoms with Gasteiger partial charge < -0.3 is 20.4 Å². The fourth-order valence-corrected chi connectivity index (χ4v) is 1.54. The standard InChI is InChI=1S/C9H14N2O2.C5H8NO2.CH4O2.Y/c1-4-8(10-5-2)6-7-11(3)9(12)13;7-5(8)4-2-1-3-6-4;1-3-2;/h4-5H,1-2,6-7H2,3H3,(H,12,13);4H,1-3H2,(H,7,8);2H,1H3;/q;-1;;. The Morgan fingerprint density at radius 2 is 1.96 bits per heavy atom. The third-order valence-corrected chi connectivity index (χ3v) is 2.79. The van der Waals surface area contributed by atoms with Crippen LogP contribution in [0, 0.1) is 0 Å². The van der Waals surface area contributed by atoms with Crippen molar-refractivity contribution in [3.05, 3.63) is 30.8 Å². The van der Waals surface area contributed by atoms with Gasteiger partial charge in [-0.05, 0) is 12.1 Å². The minimum atomic E-state index is -0.943. The number of hydrogen-bond acceptors (Lipinski definition) is 5. The SMILES string of the molecule is C=CN=C(C=C)CCN(C)C(=O)O.COO.O=C(O)C1CCC[N-]1.[Y]. The Hall–Kier alpha value is -1.13. The molecule has 0 aromatic rings. The summed E-state index contributed by atoms with van der Waals surface area (Å²) < 4.78 is 0. The first-order valence-corrected chi connectivity index (χ1v) is 7.15. The monoisotopic (exact) mass is 433 g/mol. The van der Waals surface area contributed by atoms with Crippen LogP contribution in [0.15, 0.2) is 30.4 Å². The van der Waals surface area contributed by atoms with E-state index in [2.05, 4.69) is 28.4 Å². The minimum Gasteiger partial charge on any atom is -0.650 e. The molecule has 141 valence electrons. The summed E-state index contributed by atoms with van der Waals surface area (Å²) in [6.45, 7) is 8.15. The molecule has 1 rings (SSSR count). The van der Waals surface area contributed by atoms with Gasteiger partial charge in [0.15, 0.2) is 0 Å². The van der Waals surface area contributed by atoms with Crippen LogP contribution in [0.4, 0.5) is 4.79 Å². The Labute approximate surface area is 173 Å². The Balaban J connectivity index is -0.000000344. The van der Waals surface area contributed by atoms with Crippen molar-refractivity contribution in [2.24, 2.45) is 4.99 Å². The number of aliphatic imine (C=N–C) groups is 1. The van der Waals surface area contributed by atoms with Crippen molar-refractivity contribution in [3.8, 4) is 0 Å². The molecule has 9 nitrogen and oxygen atoms in total. The summed E-state index contributed by atoms with van der Waals surface area (Å²) in [5, 5.41) is 27.8. The summed E-state index contributed by atoms with van der Waals surface area (Å²) in [5.74, 6) is -0.775. The van der Waals surface area contributed by atoms with Gasteiger partial charge in [-0.2, -0.15) is 0 Å². The van der Waals surface area contributed by atoms with Gasteiger partial charge in [-0.15, -0.1) is 6.54 Å². The molecular formula is C15H26N3O6Y-. The van der Waals surface area contributed by atoms with E-state index < -0.39 is 18.1 Å². The van der Waals surface area contributed by atoms with Gasteiger partial charge in [0.05, 0.1) is 7.11 Å². The molecule has 1 fully saturated rings. The molecule has 1 unspecified atom stereocenters. The van der Waals surface area contributed by atoms with Crippen LogP contribution in [0.25, 0.3) is 5.32 Å². The maximum Gasteiger partial charge on any atom is 0.407 e. The number of allylic oxidation sites excluding steroid dienone is 1. The van der Waals surface area contributed by atoms with Crippen LogP contribution >= 0.6 is 0 Å². The third kappa shape index (κ3) is 17.5. The van der Waals surface area contributed by atoms with E-state index in [1.165, 1.54) is 25.3 Å². The van der Waals surface area contributed by atoms with E-state index in [-0.39, 0.29) is 32.7 Å². The molecule has 1 saturated heterocycles. The van der Waals surface area contributed by atoms with Gasteiger partial charge >= 0.3 is 6.09 Å². The van der Waals surface area contributed by atoms with E-state index in [1.54, 1.807) is 6.08 Å². The number of carbonyl (C=O) groups is 2. The van der Waals surface area contributed by atoms with Crippen molar-refractivity contribution in [3.63, 3.8) is 0 Å². The molecule has 3 N–H and O–H groups in total. The maximum atomic E-state index is 10.4. The third-order valence-electron chi connectivity index (χ3n) is 2.79. The average molecular weight is 433 g/mol. The van der Waals surface area contributed by atoms with Gasteiger partial charge in [0.1, 0.15) is 0 Å². The van der Waals surface area contributed by atoms with Crippen molar-refractivity contribution in [2.75, 3.05) is 27.2 Å². The molecule has 0 bridgehead atoms. The molecule has 1 radical (unpaired) electrons. The number of carboxylic acids is 1. The van der Waals surface area contributed by atoms with Gasteiger partial charge in [0.25, 0.3) is 5.97 Å². The summed E-state index contributed by atoms with van der Waals surface area (Å²) in [4.78, 5) is 28.9. The van der Waals surface area contributed by atoms with Crippen LogP contribution in [0.5, 0.6) is 0 Å². The number of rotatable bonds is 6. The molecule has 0 aromatic carbocycles. The number of carboxylic acid groups (broad SMARTS) is 2. The molecule has 1 atom stereocenters. The molecule has 1 heterocycles. The average Bonchev–Trinajstić information content (AvgIpc) is 3.07. The number of aliphatic carboxylic acids is 1. The largest absolute Gasteiger partial charge is 0.650 e. The molecule has 10 heteroatoms. The first-order valence-electron chi connectivity index (χ1n) is 7.15. The van der Waals surface area contributed by atoms with E-state index >= 15 is 0 Å². The predicted octanol–water partition coefficient (Wildman–Crippen LogP) is 2.47. The minimum absolute atomic E-state index is 0. The van der Waals surface area contributed by atoms with Gasteiger partial charge in [-0.1, -0.05) is 26.0 Å². The Morgan fingerprint density at radius 1 is 1.40 bits per heavy atom. The van der Waals surface area contributed by atoms with Gasteiger partial charge in [0.2, 0.25) is 0 Å². The fourth-order valence-electron chi connectivity index (χ4n) is 1.54. The summed E-state index contributed by atoms with van der Waals surface area (Å²) in [6, 6.07) is -0.394. The molecule has 1 amide bonds. The molecule has 0 saturated carbocycles. The van der Waals surface area contributed by atoms with Crippen LogP contribution in [-0.4, -0.2) is 71.4 Å². The molecule has 0 aromatic heterocycles. The zero-order valence-electron chi connectivity index (χ0n) is 14.7. The second kappa shape index (κ2) is 19.2. The number of hydrogen-bond donors (Lipinski definition) is 3. The van der Waals surface area contributed by atoms with Crippen LogP contribution in [-0.2, 0) is 42.4 Å². The molecule has 1 aliphatic heterocycles. The van der Waals surface area contributed by atoms with E-state index in [9.17, 15) is 9.59 Å². The smallest absolute Gasteiger partial charge is 0.407 e. The molecule has 25 heavy (non-hydrogen) atoms. The van der Waals surface area contributed by atoms with Gasteiger partial charge in [-0.25, -0.2) is 9.68 Å². The fraction of sp³-hybridized carbons (Fsp3) is 0.533. The van der Waals surface area contributed by atoms with E-state index in [1.807, 2.05) is 0 Å². The van der Waals surface area contributed by atoms with Crippen molar-refractivity contribution in [2.45, 2.75) is 25.3 Å². The van der Waals surface area contributed by atoms with Crippen molar-refractivity contribution in [1.29, 1.82) is 0 Å². The summed E-state index contributed by atoms with van der Waals surface area (Å²) >= 11 is 0. The van der Waals surface area contributed by atoms with Crippen molar-refractivity contribution >= 4 is 17.8 Å². The Kier molecular flexibility index (Phi) is 22.0. The first-order chi connectivity index (χ1) is 11.3. The number of amides is 1. The summed E-state index contributed by atoms with van der Waals surface area (Å²) in [5.41, 5.74) is 0.739. The van der Waals surface area contributed by atoms with Gasteiger partial charge in [-0.3, -0.25) is 15.0 Å². The normalized spacial score (nSPS) is 15.3. The molecular weight excluding hydrogens is 407 g/mol. The molecule has 1 aliphatic rings. The number of nitrogens with zero attached hydrogens (tertiary/aromatic N) is 3. The van der Waals surface area contributed by atoms with E-state index in [4.69, 9.17) is 15.5 Å². The van der Waals surface area contributed by atoms with Crippen LogP contribution in [0.1, 0.15) is 19.3 Å². The Morgan fingerprint density at radius 3 is 2.24 bits per heavy atom. The van der Waals surface area contributed by atoms with Crippen LogP contribution in [0.3, 0.4) is 0 Å². The maximum absolute atomic E-state index is 10.4. The van der Waals surface area contributed by atoms with Crippen LogP contribution in [0.2, 0.25) is 0 Å². The van der Waals surface area contributed by atoms with E-state index in [0.29, 0.717) is 13.0 Å².